The Bertz CT molecular complexity index is 1840. The van der Waals surface area contributed by atoms with Crippen LogP contribution in [0.3, 0.4) is 0 Å². The summed E-state index contributed by atoms with van der Waals surface area (Å²) >= 11 is 7.26. The summed E-state index contributed by atoms with van der Waals surface area (Å²) in [6.07, 6.45) is 6.68. The van der Waals surface area contributed by atoms with Crippen molar-refractivity contribution < 1.29 is 24.0 Å². The third-order valence-corrected chi connectivity index (χ3v) is 12.7. The van der Waals surface area contributed by atoms with Crippen LogP contribution in [0.2, 0.25) is 5.02 Å². The van der Waals surface area contributed by atoms with Crippen LogP contribution < -0.4 is 16.0 Å². The lowest BCUT2D eigenvalue weighted by molar-refractivity contribution is -0.133. The van der Waals surface area contributed by atoms with E-state index < -0.39 is 11.6 Å². The third-order valence-electron chi connectivity index (χ3n) is 11.4. The first-order valence-corrected chi connectivity index (χ1v) is 20.4. The molecule has 302 valence electrons. The molecular weight excluding hydrogens is 775 g/mol. The zero-order valence-electron chi connectivity index (χ0n) is 32.4. The van der Waals surface area contributed by atoms with E-state index in [1.54, 1.807) is 29.2 Å². The second-order valence-electron chi connectivity index (χ2n) is 15.9. The van der Waals surface area contributed by atoms with Gasteiger partial charge in [-0.3, -0.25) is 29.4 Å². The maximum absolute atomic E-state index is 13.7. The van der Waals surface area contributed by atoms with Gasteiger partial charge in [-0.25, -0.2) is 4.79 Å². The maximum Gasteiger partial charge on any atom is 0.338 e. The number of carbonyl (C=O) groups excluding carboxylic acids is 5. The van der Waals surface area contributed by atoms with Gasteiger partial charge in [0.05, 0.1) is 17.1 Å². The highest BCUT2D eigenvalue weighted by Gasteiger charge is 2.54. The van der Waals surface area contributed by atoms with E-state index in [1.807, 2.05) is 38.1 Å². The number of nitriles is 1. The summed E-state index contributed by atoms with van der Waals surface area (Å²) in [6, 6.07) is 13.9. The second-order valence-corrected chi connectivity index (χ2v) is 17.3. The average Bonchev–Trinajstić information content (AvgIpc) is 3.30. The highest BCUT2D eigenvalue weighted by molar-refractivity contribution is 7.98. The van der Waals surface area contributed by atoms with E-state index in [1.165, 1.54) is 4.31 Å². The fourth-order valence-electron chi connectivity index (χ4n) is 8.56. The number of amides is 6. The third kappa shape index (κ3) is 9.98. The van der Waals surface area contributed by atoms with Crippen molar-refractivity contribution in [3.8, 4) is 6.07 Å². The number of piperazine rings is 1. The van der Waals surface area contributed by atoms with Crippen molar-refractivity contribution >= 4 is 77.0 Å². The van der Waals surface area contributed by atoms with Crippen LogP contribution in [0, 0.1) is 17.2 Å². The summed E-state index contributed by atoms with van der Waals surface area (Å²) in [5.41, 5.74) is 0.742. The van der Waals surface area contributed by atoms with Crippen molar-refractivity contribution in [2.24, 2.45) is 5.92 Å². The lowest BCUT2D eigenvalue weighted by atomic mass is 9.81. The van der Waals surface area contributed by atoms with Crippen LogP contribution in [0.4, 0.5) is 16.2 Å². The fourth-order valence-corrected chi connectivity index (χ4v) is 9.83. The van der Waals surface area contributed by atoms with Crippen molar-refractivity contribution in [3.63, 3.8) is 0 Å². The summed E-state index contributed by atoms with van der Waals surface area (Å²) in [5, 5.41) is 18.0. The van der Waals surface area contributed by atoms with Crippen LogP contribution in [-0.2, 0) is 19.2 Å². The largest absolute Gasteiger partial charge is 0.374 e. The number of piperidine rings is 1. The molecule has 0 aromatic heterocycles. The zero-order valence-corrected chi connectivity index (χ0v) is 34.8. The number of anilines is 2. The predicted octanol–water partition coefficient (Wildman–Crippen LogP) is 6.27. The molecule has 6 amide bonds. The monoisotopic (exact) mass is 826 g/mol. The number of hydrogen-bond acceptors (Lipinski definition) is 10. The molecule has 3 atom stereocenters. The minimum atomic E-state index is -0.948. The number of nitrogens with zero attached hydrogens (tertiary/aromatic N) is 5. The maximum atomic E-state index is 13.7. The summed E-state index contributed by atoms with van der Waals surface area (Å²) in [6.45, 7) is 11.1. The van der Waals surface area contributed by atoms with Crippen LogP contribution >= 0.6 is 36.0 Å². The SMILES string of the molecule is C[C@@H]1CN(CCCC2CCC(N3C(=O)N(Sc4ccc(C#N)c(Cl)c4)C(=O)C3(C)C)CC2)C[C@H](C)N1CC(=O)Nc1cccc(NC2CCC(=O)NC2=O)c1.Cl. The molecule has 56 heavy (non-hydrogen) atoms. The smallest absolute Gasteiger partial charge is 0.338 e. The van der Waals surface area contributed by atoms with Crippen molar-refractivity contribution in [2.45, 2.75) is 114 Å². The number of imide groups is 2. The van der Waals surface area contributed by atoms with Crippen LogP contribution in [0.25, 0.3) is 0 Å². The van der Waals surface area contributed by atoms with E-state index in [0.717, 1.165) is 70.1 Å². The van der Waals surface area contributed by atoms with Gasteiger partial charge in [-0.1, -0.05) is 17.7 Å². The van der Waals surface area contributed by atoms with Gasteiger partial charge in [0.15, 0.2) is 0 Å². The van der Waals surface area contributed by atoms with Crippen molar-refractivity contribution in [1.82, 2.24) is 24.3 Å². The predicted molar refractivity (Wildman–Crippen MR) is 219 cm³/mol. The fraction of sp³-hybridized carbons (Fsp3) is 0.550. The van der Waals surface area contributed by atoms with Crippen molar-refractivity contribution in [3.05, 3.63) is 53.1 Å². The van der Waals surface area contributed by atoms with E-state index in [4.69, 9.17) is 11.6 Å². The molecule has 2 aromatic rings. The molecule has 1 unspecified atom stereocenters. The van der Waals surface area contributed by atoms with Gasteiger partial charge in [0.25, 0.3) is 5.91 Å². The Hall–Kier alpha value is -3.87. The Balaban J connectivity index is 0.00000600. The molecule has 0 bridgehead atoms. The number of rotatable bonds is 12. The Labute approximate surface area is 344 Å². The number of halogens is 2. The molecule has 3 N–H and O–H groups in total. The summed E-state index contributed by atoms with van der Waals surface area (Å²) < 4.78 is 1.24. The minimum absolute atomic E-state index is 0. The zero-order chi connectivity index (χ0) is 39.4. The molecule has 6 rings (SSSR count). The molecule has 3 heterocycles. The Morgan fingerprint density at radius 1 is 1.00 bits per heavy atom. The number of urea groups is 1. The Kier molecular flexibility index (Phi) is 14.4. The molecule has 0 spiro atoms. The van der Waals surface area contributed by atoms with Gasteiger partial charge in [0, 0.05) is 53.9 Å². The molecule has 0 radical (unpaired) electrons. The summed E-state index contributed by atoms with van der Waals surface area (Å²) in [4.78, 5) is 71.0. The number of carbonyl (C=O) groups is 5. The van der Waals surface area contributed by atoms with Crippen LogP contribution in [-0.4, -0.2) is 105 Å². The van der Waals surface area contributed by atoms with Crippen LogP contribution in [0.5, 0.6) is 0 Å². The standard InChI is InChI=1S/C40H51ClN8O5S.ClH/c1-25-22-46(23-26(2)47(25)24-36(51)44-30-9-5-8-29(19-30)43-34-16-17-35(50)45-37(34)52)18-6-7-27-10-13-31(14-11-27)48-39(54)49(38(53)40(48,3)4)55-32-15-12-28(21-42)33(41)20-32;/h5,8-9,12,15,19-20,25-27,31,34,43H,6-7,10-11,13-14,16-18,22-24H2,1-4H3,(H,44,51)(H,45,50,52);1H/t25-,26+,27?,31?,34?;. The normalized spacial score (nSPS) is 25.7. The van der Waals surface area contributed by atoms with E-state index in [-0.39, 0.29) is 78.2 Å². The number of benzene rings is 2. The second kappa shape index (κ2) is 18.6. The molecule has 13 nitrogen and oxygen atoms in total. The summed E-state index contributed by atoms with van der Waals surface area (Å²) in [7, 11) is 0. The van der Waals surface area contributed by atoms with Gasteiger partial charge >= 0.3 is 6.03 Å². The molecule has 4 fully saturated rings. The molecule has 1 aliphatic carbocycles. The molecule has 3 saturated heterocycles. The van der Waals surface area contributed by atoms with Gasteiger partial charge in [-0.05, 0) is 133 Å². The van der Waals surface area contributed by atoms with Crippen molar-refractivity contribution in [1.29, 1.82) is 5.26 Å². The highest BCUT2D eigenvalue weighted by Crippen LogP contribution is 2.42. The molecule has 16 heteroatoms. The topological polar surface area (TPSA) is 158 Å². The highest BCUT2D eigenvalue weighted by atomic mass is 35.5. The van der Waals surface area contributed by atoms with Crippen LogP contribution in [0.15, 0.2) is 47.4 Å². The van der Waals surface area contributed by atoms with E-state index >= 15 is 0 Å². The lowest BCUT2D eigenvalue weighted by Crippen LogP contribution is -2.58. The van der Waals surface area contributed by atoms with Gasteiger partial charge in [-0.2, -0.15) is 9.57 Å². The molecule has 1 saturated carbocycles. The van der Waals surface area contributed by atoms with Crippen LogP contribution in [0.1, 0.15) is 84.6 Å². The molecular formula is C40H52Cl2N8O5S. The number of nitrogens with one attached hydrogen (secondary N) is 3. The first-order chi connectivity index (χ1) is 26.2. The lowest BCUT2D eigenvalue weighted by Gasteiger charge is -2.44. The Morgan fingerprint density at radius 2 is 1.70 bits per heavy atom. The van der Waals surface area contributed by atoms with Gasteiger partial charge < -0.3 is 20.4 Å². The number of hydrogen-bond donors (Lipinski definition) is 3. The van der Waals surface area contributed by atoms with E-state index in [9.17, 15) is 29.2 Å². The van der Waals surface area contributed by atoms with Gasteiger partial charge in [0.2, 0.25) is 17.7 Å². The summed E-state index contributed by atoms with van der Waals surface area (Å²) in [5.74, 6) is -0.360. The molecule has 2 aromatic carbocycles. The first-order valence-electron chi connectivity index (χ1n) is 19.3. The molecule has 3 aliphatic heterocycles. The van der Waals surface area contributed by atoms with Gasteiger partial charge in [0.1, 0.15) is 17.6 Å². The van der Waals surface area contributed by atoms with Gasteiger partial charge in [-0.15, -0.1) is 12.4 Å². The van der Waals surface area contributed by atoms with Crippen molar-refractivity contribution in [2.75, 3.05) is 36.8 Å². The Morgan fingerprint density at radius 3 is 2.36 bits per heavy atom. The van der Waals surface area contributed by atoms with E-state index in [0.29, 0.717) is 34.2 Å². The first kappa shape index (κ1) is 43.3. The van der Waals surface area contributed by atoms with E-state index in [2.05, 4.69) is 39.6 Å². The molecule has 4 aliphatic rings. The average molecular weight is 828 g/mol. The quantitative estimate of drug-likeness (QED) is 0.127. The minimum Gasteiger partial charge on any atom is -0.374 e.